The van der Waals surface area contributed by atoms with Crippen molar-refractivity contribution in [3.8, 4) is 0 Å². The van der Waals surface area contributed by atoms with Gasteiger partial charge in [-0.05, 0) is 23.2 Å². The predicted octanol–water partition coefficient (Wildman–Crippen LogP) is 2.91. The Bertz CT molecular complexity index is 720. The summed E-state index contributed by atoms with van der Waals surface area (Å²) < 4.78 is 0. The van der Waals surface area contributed by atoms with Gasteiger partial charge in [0.15, 0.2) is 6.23 Å². The summed E-state index contributed by atoms with van der Waals surface area (Å²) in [5.74, 6) is -0.451. The highest BCUT2D eigenvalue weighted by Crippen LogP contribution is 2.33. The number of carbonyl (C=O) groups is 2. The Balaban J connectivity index is 1.94. The first kappa shape index (κ1) is 14.6. The zero-order valence-corrected chi connectivity index (χ0v) is 12.3. The fraction of sp³-hybridized carbons (Fsp3) is 0.125. The third-order valence-corrected chi connectivity index (χ3v) is 3.74. The van der Waals surface area contributed by atoms with Crippen molar-refractivity contribution < 1.29 is 14.7 Å². The Morgan fingerprint density at radius 3 is 2.41 bits per heavy atom. The zero-order chi connectivity index (χ0) is 15.7. The molecule has 2 amide bonds. The van der Waals surface area contributed by atoms with E-state index in [0.717, 1.165) is 15.6 Å². The number of carbonyl (C=O) groups excluding carboxylic acids is 2. The number of nitrogens with zero attached hydrogens (tertiary/aromatic N) is 2. The van der Waals surface area contributed by atoms with E-state index in [1.165, 1.54) is 0 Å². The standard InChI is InChI=1S/C16H13ClN2O3/c17-16(22)18(10-11-6-2-1-3-7-11)19-14(20)12-8-4-5-9-13(12)15(19)21/h1-9,14,20H,10H2. The van der Waals surface area contributed by atoms with Crippen molar-refractivity contribution in [1.29, 1.82) is 0 Å². The average Bonchev–Trinajstić information content (AvgIpc) is 2.78. The maximum absolute atomic E-state index is 12.5. The van der Waals surface area contributed by atoms with E-state index in [2.05, 4.69) is 0 Å². The van der Waals surface area contributed by atoms with Gasteiger partial charge in [0.1, 0.15) is 0 Å². The lowest BCUT2D eigenvalue weighted by molar-refractivity contribution is -0.0771. The number of aliphatic hydroxyl groups excluding tert-OH is 1. The minimum Gasteiger partial charge on any atom is -0.368 e. The third kappa shape index (κ3) is 2.45. The van der Waals surface area contributed by atoms with Gasteiger partial charge in [-0.1, -0.05) is 48.5 Å². The molecule has 2 aromatic carbocycles. The highest BCUT2D eigenvalue weighted by molar-refractivity contribution is 6.62. The van der Waals surface area contributed by atoms with E-state index in [-0.39, 0.29) is 6.54 Å². The van der Waals surface area contributed by atoms with E-state index in [1.54, 1.807) is 24.3 Å². The summed E-state index contributed by atoms with van der Waals surface area (Å²) in [6.07, 6.45) is -1.23. The monoisotopic (exact) mass is 316 g/mol. The number of amides is 2. The van der Waals surface area contributed by atoms with Crippen LogP contribution in [0, 0.1) is 0 Å². The predicted molar refractivity (Wildman–Crippen MR) is 80.8 cm³/mol. The molecule has 3 rings (SSSR count). The normalized spacial score (nSPS) is 16.5. The lowest BCUT2D eigenvalue weighted by Gasteiger charge is -2.32. The summed E-state index contributed by atoms with van der Waals surface area (Å²) >= 11 is 5.63. The molecule has 0 saturated carbocycles. The van der Waals surface area contributed by atoms with Gasteiger partial charge in [0.05, 0.1) is 6.54 Å². The van der Waals surface area contributed by atoms with Gasteiger partial charge in [-0.3, -0.25) is 9.59 Å². The summed E-state index contributed by atoms with van der Waals surface area (Å²) in [5, 5.41) is 11.6. The van der Waals surface area contributed by atoms with Crippen LogP contribution in [0.3, 0.4) is 0 Å². The molecule has 6 heteroatoms. The molecule has 22 heavy (non-hydrogen) atoms. The maximum atomic E-state index is 12.5. The third-order valence-electron chi connectivity index (χ3n) is 3.55. The molecule has 0 fully saturated rings. The van der Waals surface area contributed by atoms with Gasteiger partial charge in [-0.25, -0.2) is 10.0 Å². The summed E-state index contributed by atoms with van der Waals surface area (Å²) in [4.78, 5) is 24.2. The van der Waals surface area contributed by atoms with Crippen LogP contribution in [-0.2, 0) is 6.54 Å². The first-order valence-electron chi connectivity index (χ1n) is 6.71. The number of benzene rings is 2. The molecule has 0 aliphatic carbocycles. The van der Waals surface area contributed by atoms with Crippen LogP contribution in [0.15, 0.2) is 54.6 Å². The zero-order valence-electron chi connectivity index (χ0n) is 11.5. The van der Waals surface area contributed by atoms with E-state index in [1.807, 2.05) is 30.3 Å². The van der Waals surface area contributed by atoms with E-state index >= 15 is 0 Å². The minimum absolute atomic E-state index is 0.0972. The van der Waals surface area contributed by atoms with Gasteiger partial charge in [-0.2, -0.15) is 0 Å². The molecule has 0 bridgehead atoms. The SMILES string of the molecule is O=C(Cl)N(Cc1ccccc1)N1C(=O)c2ccccc2C1O. The van der Waals surface area contributed by atoms with Crippen molar-refractivity contribution in [3.63, 3.8) is 0 Å². The van der Waals surface area contributed by atoms with Crippen LogP contribution in [0.1, 0.15) is 27.7 Å². The number of fused-ring (bicyclic) bond motifs is 1. The molecular weight excluding hydrogens is 304 g/mol. The summed E-state index contributed by atoms with van der Waals surface area (Å²) in [6, 6.07) is 15.8. The lowest BCUT2D eigenvalue weighted by Crippen LogP contribution is -2.45. The molecular formula is C16H13ClN2O3. The minimum atomic E-state index is -1.23. The van der Waals surface area contributed by atoms with Crippen LogP contribution >= 0.6 is 11.6 Å². The first-order valence-corrected chi connectivity index (χ1v) is 7.09. The van der Waals surface area contributed by atoms with Crippen LogP contribution in [0.25, 0.3) is 0 Å². The molecule has 2 aromatic rings. The molecule has 1 unspecified atom stereocenters. The number of hydrazine groups is 1. The summed E-state index contributed by atoms with van der Waals surface area (Å²) in [5.41, 5.74) is 1.63. The number of hydrogen-bond donors (Lipinski definition) is 1. The first-order chi connectivity index (χ1) is 10.6. The maximum Gasteiger partial charge on any atom is 0.335 e. The highest BCUT2D eigenvalue weighted by atomic mass is 35.5. The summed E-state index contributed by atoms with van der Waals surface area (Å²) in [7, 11) is 0. The van der Waals surface area contributed by atoms with Gasteiger partial charge >= 0.3 is 5.37 Å². The average molecular weight is 317 g/mol. The van der Waals surface area contributed by atoms with Crippen LogP contribution in [0.2, 0.25) is 0 Å². The molecule has 1 heterocycles. The molecule has 1 aliphatic heterocycles. The van der Waals surface area contributed by atoms with Gasteiger partial charge in [0.2, 0.25) is 0 Å². The molecule has 0 aromatic heterocycles. The van der Waals surface area contributed by atoms with Crippen molar-refractivity contribution in [2.24, 2.45) is 0 Å². The topological polar surface area (TPSA) is 60.9 Å². The number of rotatable bonds is 3. The Kier molecular flexibility index (Phi) is 3.83. The smallest absolute Gasteiger partial charge is 0.335 e. The fourth-order valence-electron chi connectivity index (χ4n) is 2.50. The van der Waals surface area contributed by atoms with Gasteiger partial charge in [0.25, 0.3) is 5.91 Å². The Morgan fingerprint density at radius 1 is 1.14 bits per heavy atom. The quantitative estimate of drug-likeness (QED) is 0.699. The molecule has 1 atom stereocenters. The molecule has 1 aliphatic rings. The molecule has 0 radical (unpaired) electrons. The Hall–Kier alpha value is -2.37. The van der Waals surface area contributed by atoms with Crippen LogP contribution < -0.4 is 0 Å². The van der Waals surface area contributed by atoms with Gasteiger partial charge < -0.3 is 5.11 Å². The molecule has 0 spiro atoms. The van der Waals surface area contributed by atoms with Crippen molar-refractivity contribution in [1.82, 2.24) is 10.0 Å². The second-order valence-corrected chi connectivity index (χ2v) is 5.23. The molecule has 1 N–H and O–H groups in total. The number of aliphatic hydroxyl groups is 1. The Morgan fingerprint density at radius 2 is 1.77 bits per heavy atom. The highest BCUT2D eigenvalue weighted by Gasteiger charge is 2.40. The summed E-state index contributed by atoms with van der Waals surface area (Å²) in [6.45, 7) is 0.0972. The van der Waals surface area contributed by atoms with Crippen molar-refractivity contribution >= 4 is 22.9 Å². The van der Waals surface area contributed by atoms with Crippen LogP contribution in [0.4, 0.5) is 4.79 Å². The van der Waals surface area contributed by atoms with E-state index in [9.17, 15) is 14.7 Å². The van der Waals surface area contributed by atoms with Gasteiger partial charge in [0, 0.05) is 11.1 Å². The van der Waals surface area contributed by atoms with E-state index in [4.69, 9.17) is 11.6 Å². The van der Waals surface area contributed by atoms with Gasteiger partial charge in [-0.15, -0.1) is 0 Å². The number of halogens is 1. The van der Waals surface area contributed by atoms with Crippen molar-refractivity contribution in [2.45, 2.75) is 12.8 Å². The van der Waals surface area contributed by atoms with Crippen molar-refractivity contribution in [3.05, 3.63) is 71.3 Å². The second-order valence-electron chi connectivity index (χ2n) is 4.91. The molecule has 112 valence electrons. The van der Waals surface area contributed by atoms with Crippen LogP contribution in [-0.4, -0.2) is 26.4 Å². The van der Waals surface area contributed by atoms with Crippen molar-refractivity contribution in [2.75, 3.05) is 0 Å². The van der Waals surface area contributed by atoms with Crippen LogP contribution in [0.5, 0.6) is 0 Å². The van der Waals surface area contributed by atoms with E-state index < -0.39 is 17.5 Å². The lowest BCUT2D eigenvalue weighted by atomic mass is 10.1. The Labute approximate surface area is 132 Å². The molecule has 0 saturated heterocycles. The molecule has 5 nitrogen and oxygen atoms in total. The number of hydrogen-bond acceptors (Lipinski definition) is 3. The van der Waals surface area contributed by atoms with E-state index in [0.29, 0.717) is 11.1 Å². The second kappa shape index (κ2) is 5.79. The largest absolute Gasteiger partial charge is 0.368 e. The fourth-order valence-corrected chi connectivity index (χ4v) is 2.65.